The Morgan fingerprint density at radius 2 is 1.97 bits per heavy atom. The van der Waals surface area contributed by atoms with Crippen molar-refractivity contribution in [2.75, 3.05) is 18.4 Å². The molecule has 0 saturated carbocycles. The molecule has 0 aliphatic carbocycles. The summed E-state index contributed by atoms with van der Waals surface area (Å²) in [7, 11) is 0. The summed E-state index contributed by atoms with van der Waals surface area (Å²) in [6, 6.07) is 11.9. The van der Waals surface area contributed by atoms with Crippen LogP contribution in [-0.2, 0) is 0 Å². The summed E-state index contributed by atoms with van der Waals surface area (Å²) < 4.78 is 1.07. The maximum atomic E-state index is 13.2. The smallest absolute Gasteiger partial charge is 0.254 e. The molecule has 5 nitrogen and oxygen atoms in total. The van der Waals surface area contributed by atoms with Crippen LogP contribution in [0.5, 0.6) is 0 Å². The highest BCUT2D eigenvalue weighted by Gasteiger charge is 2.27. The number of aromatic nitrogens is 2. The van der Waals surface area contributed by atoms with E-state index in [0.29, 0.717) is 11.8 Å². The van der Waals surface area contributed by atoms with Crippen molar-refractivity contribution in [3.63, 3.8) is 0 Å². The van der Waals surface area contributed by atoms with E-state index in [2.05, 4.69) is 35.2 Å². The Kier molecular flexibility index (Phi) is 6.39. The van der Waals surface area contributed by atoms with Gasteiger partial charge in [-0.2, -0.15) is 0 Å². The molecule has 2 unspecified atom stereocenters. The lowest BCUT2D eigenvalue weighted by Gasteiger charge is -2.35. The molecule has 0 bridgehead atoms. The van der Waals surface area contributed by atoms with Gasteiger partial charge in [-0.05, 0) is 55.0 Å². The van der Waals surface area contributed by atoms with Gasteiger partial charge >= 0.3 is 0 Å². The highest BCUT2D eigenvalue weighted by Crippen LogP contribution is 2.36. The third-order valence-electron chi connectivity index (χ3n) is 5.20. The fourth-order valence-electron chi connectivity index (χ4n) is 3.92. The molecule has 1 saturated heterocycles. The van der Waals surface area contributed by atoms with E-state index in [1.807, 2.05) is 48.4 Å². The first kappa shape index (κ1) is 20.9. The van der Waals surface area contributed by atoms with E-state index >= 15 is 0 Å². The first-order chi connectivity index (χ1) is 14.5. The quantitative estimate of drug-likeness (QED) is 0.541. The largest absolute Gasteiger partial charge is 0.338 e. The standard InChI is InChI=1S/C23H26N4OS2/c1-15-10-16(2)14-27(13-15)22(28)19-11-18(8-7-17(19)3)29-21-12-25-23(30-21)26-20-6-4-5-9-24-20/h4-9,11-12,15-16H,10,13-14H2,1-3H3,(H,24,25,26). The van der Waals surface area contributed by atoms with Crippen LogP contribution in [0.15, 0.2) is 57.9 Å². The maximum absolute atomic E-state index is 13.2. The summed E-state index contributed by atoms with van der Waals surface area (Å²) >= 11 is 3.21. The van der Waals surface area contributed by atoms with Crippen molar-refractivity contribution < 1.29 is 4.79 Å². The highest BCUT2D eigenvalue weighted by atomic mass is 32.2. The molecule has 1 N–H and O–H groups in total. The lowest BCUT2D eigenvalue weighted by Crippen LogP contribution is -2.42. The van der Waals surface area contributed by atoms with E-state index in [4.69, 9.17) is 0 Å². The number of carbonyl (C=O) groups is 1. The fraction of sp³-hybridized carbons (Fsp3) is 0.348. The number of nitrogens with zero attached hydrogens (tertiary/aromatic N) is 3. The Hall–Kier alpha value is -2.38. The van der Waals surface area contributed by atoms with Gasteiger partial charge in [-0.15, -0.1) is 0 Å². The Labute approximate surface area is 185 Å². The number of carbonyl (C=O) groups excluding carboxylic acids is 1. The number of likely N-dealkylation sites (tertiary alicyclic amines) is 1. The predicted octanol–water partition coefficient (Wildman–Crippen LogP) is 5.86. The first-order valence-electron chi connectivity index (χ1n) is 10.2. The van der Waals surface area contributed by atoms with Crippen LogP contribution in [0.3, 0.4) is 0 Å². The number of amides is 1. The van der Waals surface area contributed by atoms with Gasteiger partial charge in [-0.25, -0.2) is 9.97 Å². The number of aryl methyl sites for hydroxylation is 1. The number of hydrogen-bond acceptors (Lipinski definition) is 6. The van der Waals surface area contributed by atoms with Crippen molar-refractivity contribution in [3.8, 4) is 0 Å². The topological polar surface area (TPSA) is 58.1 Å². The zero-order valence-corrected chi connectivity index (χ0v) is 19.1. The van der Waals surface area contributed by atoms with Gasteiger partial charge in [0, 0.05) is 29.7 Å². The first-order valence-corrected chi connectivity index (χ1v) is 11.8. The molecular weight excluding hydrogens is 412 g/mol. The second kappa shape index (κ2) is 9.18. The van der Waals surface area contributed by atoms with E-state index in [0.717, 1.165) is 44.3 Å². The Morgan fingerprint density at radius 1 is 1.17 bits per heavy atom. The van der Waals surface area contributed by atoms with Gasteiger partial charge in [0.1, 0.15) is 5.82 Å². The van der Waals surface area contributed by atoms with Crippen LogP contribution in [-0.4, -0.2) is 33.9 Å². The number of anilines is 2. The summed E-state index contributed by atoms with van der Waals surface area (Å²) in [5.74, 6) is 2.03. The number of pyridine rings is 1. The molecule has 156 valence electrons. The van der Waals surface area contributed by atoms with E-state index < -0.39 is 0 Å². The summed E-state index contributed by atoms with van der Waals surface area (Å²) in [6.07, 6.45) is 4.80. The lowest BCUT2D eigenvalue weighted by atomic mass is 9.91. The van der Waals surface area contributed by atoms with Crippen LogP contribution in [0.25, 0.3) is 0 Å². The van der Waals surface area contributed by atoms with Crippen molar-refractivity contribution in [1.82, 2.24) is 14.9 Å². The molecule has 1 aliphatic rings. The SMILES string of the molecule is Cc1ccc(Sc2cnc(Nc3ccccn3)s2)cc1C(=O)N1CC(C)CC(C)C1. The zero-order valence-electron chi connectivity index (χ0n) is 17.5. The fourth-order valence-corrected chi connectivity index (χ4v) is 5.82. The van der Waals surface area contributed by atoms with E-state index in [1.54, 1.807) is 29.3 Å². The Morgan fingerprint density at radius 3 is 2.70 bits per heavy atom. The molecule has 7 heteroatoms. The molecule has 30 heavy (non-hydrogen) atoms. The molecule has 3 aromatic rings. The molecule has 2 atom stereocenters. The van der Waals surface area contributed by atoms with Gasteiger partial charge in [0.25, 0.3) is 5.91 Å². The van der Waals surface area contributed by atoms with Crippen LogP contribution in [0.1, 0.15) is 36.2 Å². The van der Waals surface area contributed by atoms with Gasteiger partial charge in [0.05, 0.1) is 10.4 Å². The van der Waals surface area contributed by atoms with Crippen LogP contribution in [0, 0.1) is 18.8 Å². The normalized spacial score (nSPS) is 19.0. The van der Waals surface area contributed by atoms with Gasteiger partial charge in [0.15, 0.2) is 5.13 Å². The van der Waals surface area contributed by atoms with Crippen molar-refractivity contribution in [2.45, 2.75) is 36.3 Å². The second-order valence-electron chi connectivity index (χ2n) is 8.06. The van der Waals surface area contributed by atoms with Gasteiger partial charge in [0.2, 0.25) is 0 Å². The van der Waals surface area contributed by atoms with Crippen molar-refractivity contribution in [1.29, 1.82) is 0 Å². The Balaban J connectivity index is 1.48. The number of benzene rings is 1. The van der Waals surface area contributed by atoms with E-state index in [9.17, 15) is 4.79 Å². The highest BCUT2D eigenvalue weighted by molar-refractivity contribution is 8.01. The number of piperidine rings is 1. The lowest BCUT2D eigenvalue weighted by molar-refractivity contribution is 0.0622. The molecule has 0 radical (unpaired) electrons. The Bertz CT molecular complexity index is 1010. The third kappa shape index (κ3) is 5.02. The minimum atomic E-state index is 0.148. The molecular formula is C23H26N4OS2. The molecule has 2 aromatic heterocycles. The van der Waals surface area contributed by atoms with Gasteiger partial charge in [-0.1, -0.05) is 49.1 Å². The third-order valence-corrected chi connectivity index (χ3v) is 7.20. The minimum absolute atomic E-state index is 0.148. The van der Waals surface area contributed by atoms with E-state index in [-0.39, 0.29) is 5.91 Å². The average Bonchev–Trinajstić information content (AvgIpc) is 3.15. The number of nitrogens with one attached hydrogen (secondary N) is 1. The molecule has 1 aromatic carbocycles. The molecule has 3 heterocycles. The summed E-state index contributed by atoms with van der Waals surface area (Å²) in [5, 5.41) is 4.02. The van der Waals surface area contributed by atoms with Gasteiger partial charge < -0.3 is 10.2 Å². The maximum Gasteiger partial charge on any atom is 0.254 e. The molecule has 4 rings (SSSR count). The molecule has 0 spiro atoms. The molecule has 1 aliphatic heterocycles. The van der Waals surface area contributed by atoms with Crippen LogP contribution < -0.4 is 5.32 Å². The number of rotatable bonds is 5. The summed E-state index contributed by atoms with van der Waals surface area (Å²) in [4.78, 5) is 25.0. The monoisotopic (exact) mass is 438 g/mol. The summed E-state index contributed by atoms with van der Waals surface area (Å²) in [6.45, 7) is 8.17. The molecule has 1 fully saturated rings. The van der Waals surface area contributed by atoms with Crippen LogP contribution >= 0.6 is 23.1 Å². The average molecular weight is 439 g/mol. The predicted molar refractivity (Wildman–Crippen MR) is 124 cm³/mol. The van der Waals surface area contributed by atoms with Crippen LogP contribution in [0.4, 0.5) is 10.9 Å². The number of hydrogen-bond donors (Lipinski definition) is 1. The van der Waals surface area contributed by atoms with Gasteiger partial charge in [-0.3, -0.25) is 4.79 Å². The summed E-state index contributed by atoms with van der Waals surface area (Å²) in [5.41, 5.74) is 1.83. The number of thiazole rings is 1. The molecule has 1 amide bonds. The van der Waals surface area contributed by atoms with Crippen molar-refractivity contribution >= 4 is 40.0 Å². The van der Waals surface area contributed by atoms with Crippen molar-refractivity contribution in [2.24, 2.45) is 11.8 Å². The minimum Gasteiger partial charge on any atom is -0.338 e. The van der Waals surface area contributed by atoms with E-state index in [1.165, 1.54) is 6.42 Å². The van der Waals surface area contributed by atoms with Crippen LogP contribution in [0.2, 0.25) is 0 Å². The van der Waals surface area contributed by atoms with Crippen molar-refractivity contribution in [3.05, 3.63) is 59.9 Å². The zero-order chi connectivity index (χ0) is 21.1. The second-order valence-corrected chi connectivity index (χ2v) is 10.5.